The number of ether oxygens (including phenoxy) is 1. The zero-order chi connectivity index (χ0) is 24.6. The average Bonchev–Trinajstić information content (AvgIpc) is 3.05. The monoisotopic (exact) mass is 477 g/mol. The second-order valence-electron chi connectivity index (χ2n) is 8.39. The van der Waals surface area contributed by atoms with Crippen molar-refractivity contribution in [1.29, 1.82) is 0 Å². The lowest BCUT2D eigenvalue weighted by Crippen LogP contribution is -2.29. The highest BCUT2D eigenvalue weighted by atomic mass is 35.5. The third-order valence-corrected chi connectivity index (χ3v) is 5.76. The number of nitrogens with zero attached hydrogens (tertiary/aromatic N) is 1. The van der Waals surface area contributed by atoms with Crippen LogP contribution in [-0.4, -0.2) is 28.0 Å². The molecule has 1 atom stereocenters. The first kappa shape index (κ1) is 23.4. The molecule has 1 heterocycles. The molecule has 6 nitrogen and oxygen atoms in total. The Morgan fingerprint density at radius 3 is 2.41 bits per heavy atom. The number of rotatable bonds is 5. The maximum atomic E-state index is 13.2. The summed E-state index contributed by atoms with van der Waals surface area (Å²) in [7, 11) is 0. The van der Waals surface area contributed by atoms with E-state index in [-0.39, 0.29) is 23.2 Å². The van der Waals surface area contributed by atoms with Crippen molar-refractivity contribution < 1.29 is 24.5 Å². The summed E-state index contributed by atoms with van der Waals surface area (Å²) in [5.41, 5.74) is 1.95. The van der Waals surface area contributed by atoms with E-state index in [1.807, 2.05) is 20.8 Å². The van der Waals surface area contributed by atoms with Gasteiger partial charge in [-0.2, -0.15) is 0 Å². The Morgan fingerprint density at radius 2 is 1.76 bits per heavy atom. The molecule has 0 radical (unpaired) electrons. The highest BCUT2D eigenvalue weighted by molar-refractivity contribution is 6.51. The highest BCUT2D eigenvalue weighted by Gasteiger charge is 2.47. The van der Waals surface area contributed by atoms with Crippen LogP contribution in [0.2, 0.25) is 5.02 Å². The van der Waals surface area contributed by atoms with Gasteiger partial charge in [0, 0.05) is 16.3 Å². The van der Waals surface area contributed by atoms with E-state index >= 15 is 0 Å². The van der Waals surface area contributed by atoms with Crippen molar-refractivity contribution in [2.24, 2.45) is 0 Å². The van der Waals surface area contributed by atoms with E-state index in [1.54, 1.807) is 54.6 Å². The SMILES string of the molecule is Cc1cc(/C(O)=C2/C(=O)C(=O)N(c3cccc(Cl)c3)C2c2cccc(O)c2)ccc1OC(C)C. The third kappa shape index (κ3) is 4.37. The fourth-order valence-electron chi connectivity index (χ4n) is 4.07. The summed E-state index contributed by atoms with van der Waals surface area (Å²) in [6, 6.07) is 16.9. The molecule has 1 aliphatic rings. The molecular formula is C27H24ClNO5. The van der Waals surface area contributed by atoms with E-state index in [4.69, 9.17) is 16.3 Å². The number of anilines is 1. The molecule has 0 aliphatic carbocycles. The molecule has 34 heavy (non-hydrogen) atoms. The molecule has 1 amide bonds. The molecule has 0 bridgehead atoms. The molecule has 3 aromatic carbocycles. The molecule has 0 aromatic heterocycles. The topological polar surface area (TPSA) is 87.1 Å². The van der Waals surface area contributed by atoms with Crippen LogP contribution in [0.1, 0.15) is 36.6 Å². The Labute approximate surface area is 202 Å². The molecule has 1 aliphatic heterocycles. The Kier molecular flexibility index (Phi) is 6.35. The molecule has 3 aromatic rings. The largest absolute Gasteiger partial charge is 0.508 e. The Morgan fingerprint density at radius 1 is 1.03 bits per heavy atom. The molecule has 1 saturated heterocycles. The molecule has 174 valence electrons. The van der Waals surface area contributed by atoms with Gasteiger partial charge in [-0.05, 0) is 80.4 Å². The van der Waals surface area contributed by atoms with Gasteiger partial charge in [-0.1, -0.05) is 29.8 Å². The highest BCUT2D eigenvalue weighted by Crippen LogP contribution is 2.43. The number of phenols is 1. The van der Waals surface area contributed by atoms with Crippen molar-refractivity contribution in [1.82, 2.24) is 0 Å². The van der Waals surface area contributed by atoms with Gasteiger partial charge in [0.25, 0.3) is 11.7 Å². The van der Waals surface area contributed by atoms with Crippen molar-refractivity contribution in [3.8, 4) is 11.5 Å². The number of Topliss-reactive ketones (excluding diaryl/α,β-unsaturated/α-hetero) is 1. The van der Waals surface area contributed by atoms with Gasteiger partial charge in [-0.3, -0.25) is 14.5 Å². The lowest BCUT2D eigenvalue weighted by atomic mass is 9.94. The summed E-state index contributed by atoms with van der Waals surface area (Å²) in [4.78, 5) is 27.7. The lowest BCUT2D eigenvalue weighted by Gasteiger charge is -2.25. The zero-order valence-electron chi connectivity index (χ0n) is 18.9. The van der Waals surface area contributed by atoms with Crippen LogP contribution in [0.15, 0.2) is 72.3 Å². The first-order valence-corrected chi connectivity index (χ1v) is 11.2. The minimum atomic E-state index is -0.961. The van der Waals surface area contributed by atoms with Crippen LogP contribution >= 0.6 is 11.6 Å². The van der Waals surface area contributed by atoms with Crippen LogP contribution < -0.4 is 9.64 Å². The summed E-state index contributed by atoms with van der Waals surface area (Å²) in [5.74, 6) is -1.30. The average molecular weight is 478 g/mol. The first-order valence-electron chi connectivity index (χ1n) is 10.8. The van der Waals surface area contributed by atoms with Crippen molar-refractivity contribution in [3.05, 3.63) is 94.0 Å². The van der Waals surface area contributed by atoms with E-state index in [1.165, 1.54) is 17.0 Å². The summed E-state index contributed by atoms with van der Waals surface area (Å²) < 4.78 is 5.77. The molecule has 1 fully saturated rings. The number of hydrogen-bond donors (Lipinski definition) is 2. The number of amides is 1. The van der Waals surface area contributed by atoms with Gasteiger partial charge in [0.15, 0.2) is 0 Å². The predicted molar refractivity (Wildman–Crippen MR) is 131 cm³/mol. The number of aryl methyl sites for hydroxylation is 1. The van der Waals surface area contributed by atoms with Gasteiger partial charge in [0.2, 0.25) is 0 Å². The number of benzene rings is 3. The van der Waals surface area contributed by atoms with Gasteiger partial charge >= 0.3 is 0 Å². The predicted octanol–water partition coefficient (Wildman–Crippen LogP) is 5.77. The quantitative estimate of drug-likeness (QED) is 0.277. The number of halogens is 1. The molecule has 7 heteroatoms. The van der Waals surface area contributed by atoms with E-state index in [9.17, 15) is 19.8 Å². The number of aromatic hydroxyl groups is 1. The van der Waals surface area contributed by atoms with Crippen LogP contribution in [0.4, 0.5) is 5.69 Å². The molecule has 2 N–H and O–H groups in total. The Hall–Kier alpha value is -3.77. The maximum Gasteiger partial charge on any atom is 0.300 e. The van der Waals surface area contributed by atoms with Crippen LogP contribution in [-0.2, 0) is 9.59 Å². The van der Waals surface area contributed by atoms with Crippen molar-refractivity contribution in [2.75, 3.05) is 4.90 Å². The molecule has 4 rings (SSSR count). The van der Waals surface area contributed by atoms with Gasteiger partial charge in [-0.15, -0.1) is 0 Å². The fourth-order valence-corrected chi connectivity index (χ4v) is 4.26. The second-order valence-corrected chi connectivity index (χ2v) is 8.83. The number of carbonyl (C=O) groups excluding carboxylic acids is 2. The summed E-state index contributed by atoms with van der Waals surface area (Å²) in [6.45, 7) is 5.67. The third-order valence-electron chi connectivity index (χ3n) is 5.53. The standard InChI is InChI=1S/C27H24ClNO5/c1-15(2)34-22-11-10-18(12-16(22)3)25(31)23-24(17-6-4-9-21(30)13-17)29(27(33)26(23)32)20-8-5-7-19(28)14-20/h4-15,24,30-31H,1-3H3/b25-23-. The number of carbonyl (C=O) groups is 2. The number of ketones is 1. The van der Waals surface area contributed by atoms with Crippen LogP contribution in [0.3, 0.4) is 0 Å². The molecule has 0 spiro atoms. The van der Waals surface area contributed by atoms with Gasteiger partial charge < -0.3 is 14.9 Å². The van der Waals surface area contributed by atoms with Gasteiger partial charge in [-0.25, -0.2) is 0 Å². The van der Waals surface area contributed by atoms with Crippen LogP contribution in [0.25, 0.3) is 5.76 Å². The minimum Gasteiger partial charge on any atom is -0.508 e. The number of phenolic OH excluding ortho intramolecular Hbond substituents is 1. The van der Waals surface area contributed by atoms with E-state index in [0.717, 1.165) is 5.56 Å². The second kappa shape index (κ2) is 9.23. The maximum absolute atomic E-state index is 13.2. The van der Waals surface area contributed by atoms with E-state index in [2.05, 4.69) is 0 Å². The fraction of sp³-hybridized carbons (Fsp3) is 0.185. The van der Waals surface area contributed by atoms with Crippen molar-refractivity contribution in [3.63, 3.8) is 0 Å². The van der Waals surface area contributed by atoms with Gasteiger partial charge in [0.05, 0.1) is 17.7 Å². The molecular weight excluding hydrogens is 454 g/mol. The van der Waals surface area contributed by atoms with Gasteiger partial charge in [0.1, 0.15) is 17.3 Å². The van der Waals surface area contributed by atoms with E-state index in [0.29, 0.717) is 27.6 Å². The smallest absolute Gasteiger partial charge is 0.300 e. The number of aliphatic hydroxyl groups is 1. The summed E-state index contributed by atoms with van der Waals surface area (Å²) in [6.07, 6.45) is -0.0214. The first-order chi connectivity index (χ1) is 16.2. The number of hydrogen-bond acceptors (Lipinski definition) is 5. The zero-order valence-corrected chi connectivity index (χ0v) is 19.7. The normalized spacial score (nSPS) is 17.4. The molecule has 0 saturated carbocycles. The summed E-state index contributed by atoms with van der Waals surface area (Å²) in [5, 5.41) is 21.8. The summed E-state index contributed by atoms with van der Waals surface area (Å²) >= 11 is 6.15. The Bertz CT molecular complexity index is 1310. The minimum absolute atomic E-state index is 0.0214. The van der Waals surface area contributed by atoms with Crippen LogP contribution in [0, 0.1) is 6.92 Å². The number of aliphatic hydroxyl groups excluding tert-OH is 1. The van der Waals surface area contributed by atoms with Crippen molar-refractivity contribution >= 4 is 34.7 Å². The Balaban J connectivity index is 1.90. The lowest BCUT2D eigenvalue weighted by molar-refractivity contribution is -0.132. The molecule has 1 unspecified atom stereocenters. The van der Waals surface area contributed by atoms with E-state index < -0.39 is 17.7 Å². The van der Waals surface area contributed by atoms with Crippen molar-refractivity contribution in [2.45, 2.75) is 32.9 Å². The van der Waals surface area contributed by atoms with Crippen LogP contribution in [0.5, 0.6) is 11.5 Å².